The van der Waals surface area contributed by atoms with Crippen molar-refractivity contribution < 1.29 is 9.53 Å². The summed E-state index contributed by atoms with van der Waals surface area (Å²) in [5.74, 6) is 2.64. The Morgan fingerprint density at radius 1 is 1.17 bits per heavy atom. The molecule has 0 radical (unpaired) electrons. The highest BCUT2D eigenvalue weighted by Gasteiger charge is 2.27. The third-order valence-corrected chi connectivity index (χ3v) is 5.30. The maximum absolute atomic E-state index is 11.6. The van der Waals surface area contributed by atoms with E-state index in [2.05, 4.69) is 24.1 Å². The van der Waals surface area contributed by atoms with Gasteiger partial charge < -0.3 is 15.0 Å². The molecule has 140 valence electrons. The van der Waals surface area contributed by atoms with Gasteiger partial charge in [-0.2, -0.15) is 0 Å². The molecule has 24 heavy (non-hydrogen) atoms. The van der Waals surface area contributed by atoms with Crippen LogP contribution in [-0.4, -0.2) is 50.1 Å². The summed E-state index contributed by atoms with van der Waals surface area (Å²) in [6.07, 6.45) is 7.04. The van der Waals surface area contributed by atoms with Crippen LogP contribution in [0.15, 0.2) is 4.99 Å². The fourth-order valence-electron chi connectivity index (χ4n) is 3.65. The maximum atomic E-state index is 11.6. The molecule has 2 aliphatic rings. The van der Waals surface area contributed by atoms with Crippen LogP contribution in [0.2, 0.25) is 0 Å². The second-order valence-corrected chi connectivity index (χ2v) is 7.11. The summed E-state index contributed by atoms with van der Waals surface area (Å²) in [4.78, 5) is 18.8. The van der Waals surface area contributed by atoms with Gasteiger partial charge in [0.2, 0.25) is 0 Å². The van der Waals surface area contributed by atoms with E-state index >= 15 is 0 Å². The normalized spacial score (nSPS) is 25.8. The zero-order valence-electron chi connectivity index (χ0n) is 15.4. The number of guanidine groups is 1. The third-order valence-electron chi connectivity index (χ3n) is 5.30. The van der Waals surface area contributed by atoms with E-state index in [4.69, 9.17) is 9.73 Å². The quantitative estimate of drug-likeness (QED) is 0.309. The summed E-state index contributed by atoms with van der Waals surface area (Å²) in [6.45, 7) is 8.05. The number of methoxy groups -OCH3 is 1. The summed E-state index contributed by atoms with van der Waals surface area (Å²) in [5.41, 5.74) is 0. The molecule has 0 aromatic heterocycles. The van der Waals surface area contributed by atoms with Gasteiger partial charge in [0.05, 0.1) is 13.0 Å². The van der Waals surface area contributed by atoms with Crippen LogP contribution in [-0.2, 0) is 9.53 Å². The number of piperidine rings is 1. The number of esters is 1. The van der Waals surface area contributed by atoms with E-state index in [9.17, 15) is 4.79 Å². The smallest absolute Gasteiger partial charge is 0.308 e. The molecule has 0 atom stereocenters. The van der Waals surface area contributed by atoms with Gasteiger partial charge in [0.15, 0.2) is 5.96 Å². The number of likely N-dealkylation sites (tertiary alicyclic amines) is 1. The molecule has 1 aliphatic heterocycles. The molecule has 0 unspecified atom stereocenters. The third kappa shape index (κ3) is 6.41. The lowest BCUT2D eigenvalue weighted by Gasteiger charge is -2.33. The number of carbonyl (C=O) groups is 1. The second kappa shape index (κ2) is 11.2. The van der Waals surface area contributed by atoms with Crippen LogP contribution in [0.4, 0.5) is 0 Å². The highest BCUT2D eigenvalue weighted by Crippen LogP contribution is 2.28. The van der Waals surface area contributed by atoms with Gasteiger partial charge >= 0.3 is 5.97 Å². The van der Waals surface area contributed by atoms with Gasteiger partial charge in [-0.3, -0.25) is 9.79 Å². The second-order valence-electron chi connectivity index (χ2n) is 7.11. The van der Waals surface area contributed by atoms with Gasteiger partial charge in [-0.05, 0) is 44.4 Å². The Kier molecular flexibility index (Phi) is 10.0. The average Bonchev–Trinajstić information content (AvgIpc) is 2.59. The Morgan fingerprint density at radius 3 is 2.33 bits per heavy atom. The van der Waals surface area contributed by atoms with Crippen LogP contribution in [0.3, 0.4) is 0 Å². The highest BCUT2D eigenvalue weighted by molar-refractivity contribution is 14.0. The molecule has 5 nitrogen and oxygen atoms in total. The fourth-order valence-corrected chi connectivity index (χ4v) is 3.65. The van der Waals surface area contributed by atoms with E-state index in [1.54, 1.807) is 0 Å². The molecule has 6 heteroatoms. The van der Waals surface area contributed by atoms with Crippen LogP contribution in [0.5, 0.6) is 0 Å². The van der Waals surface area contributed by atoms with Gasteiger partial charge in [0, 0.05) is 26.2 Å². The molecule has 0 bridgehead atoms. The predicted molar refractivity (Wildman–Crippen MR) is 109 cm³/mol. The standard InChI is InChI=1S/C18H33N3O2.HI/c1-4-19-18(20-13-15-7-5-14(2)6-8-15)21-11-9-16(10-12-21)17(22)23-3;/h14-16H,4-13H2,1-3H3,(H,19,20);1H. The van der Waals surface area contributed by atoms with Crippen LogP contribution >= 0.6 is 24.0 Å². The van der Waals surface area contributed by atoms with E-state index in [0.29, 0.717) is 0 Å². The van der Waals surface area contributed by atoms with Gasteiger partial charge in [-0.15, -0.1) is 24.0 Å². The van der Waals surface area contributed by atoms with Crippen molar-refractivity contribution in [1.29, 1.82) is 0 Å². The number of ether oxygens (including phenoxy) is 1. The topological polar surface area (TPSA) is 53.9 Å². The van der Waals surface area contributed by atoms with Crippen molar-refractivity contribution in [3.05, 3.63) is 0 Å². The van der Waals surface area contributed by atoms with Crippen LogP contribution in [0, 0.1) is 17.8 Å². The van der Waals surface area contributed by atoms with E-state index < -0.39 is 0 Å². The summed E-state index contributed by atoms with van der Waals surface area (Å²) >= 11 is 0. The van der Waals surface area contributed by atoms with E-state index in [1.807, 2.05) is 0 Å². The van der Waals surface area contributed by atoms with Gasteiger partial charge in [-0.25, -0.2) is 0 Å². The summed E-state index contributed by atoms with van der Waals surface area (Å²) in [6, 6.07) is 0. The van der Waals surface area contributed by atoms with Crippen molar-refractivity contribution in [1.82, 2.24) is 10.2 Å². The Bertz CT molecular complexity index is 401. The molecule has 0 aromatic rings. The molecule has 2 fully saturated rings. The minimum atomic E-state index is -0.0667. The van der Waals surface area contributed by atoms with Crippen molar-refractivity contribution in [2.75, 3.05) is 33.3 Å². The van der Waals surface area contributed by atoms with Gasteiger partial charge in [-0.1, -0.05) is 19.8 Å². The molecule has 1 N–H and O–H groups in total. The molecular weight excluding hydrogens is 417 g/mol. The molecule has 1 aliphatic carbocycles. The molecular formula is C18H34IN3O2. The first-order valence-electron chi connectivity index (χ1n) is 9.25. The zero-order valence-corrected chi connectivity index (χ0v) is 17.8. The number of halogens is 1. The van der Waals surface area contributed by atoms with E-state index in [-0.39, 0.29) is 35.9 Å². The van der Waals surface area contributed by atoms with Crippen molar-refractivity contribution in [3.8, 4) is 0 Å². The highest BCUT2D eigenvalue weighted by atomic mass is 127. The van der Waals surface area contributed by atoms with Crippen LogP contribution in [0.25, 0.3) is 0 Å². The lowest BCUT2D eigenvalue weighted by Crippen LogP contribution is -2.46. The van der Waals surface area contributed by atoms with Crippen molar-refractivity contribution >= 4 is 35.9 Å². The first-order chi connectivity index (χ1) is 11.1. The lowest BCUT2D eigenvalue weighted by molar-refractivity contribution is -0.146. The molecule has 1 heterocycles. The Morgan fingerprint density at radius 2 is 1.79 bits per heavy atom. The Hall–Kier alpha value is -0.530. The molecule has 1 saturated heterocycles. The predicted octanol–water partition coefficient (Wildman–Crippen LogP) is 3.28. The largest absolute Gasteiger partial charge is 0.469 e. The molecule has 0 amide bonds. The summed E-state index contributed by atoms with van der Waals surface area (Å²) in [5, 5.41) is 3.42. The Balaban J connectivity index is 0.00000288. The van der Waals surface area contributed by atoms with Crippen molar-refractivity contribution in [2.45, 2.75) is 52.4 Å². The lowest BCUT2D eigenvalue weighted by atomic mass is 9.83. The van der Waals surface area contributed by atoms with Crippen LogP contribution in [0.1, 0.15) is 52.4 Å². The number of nitrogens with one attached hydrogen (secondary N) is 1. The molecule has 0 spiro atoms. The van der Waals surface area contributed by atoms with E-state index in [0.717, 1.165) is 56.8 Å². The monoisotopic (exact) mass is 451 g/mol. The number of hydrogen-bond acceptors (Lipinski definition) is 3. The molecule has 0 aromatic carbocycles. The minimum Gasteiger partial charge on any atom is -0.469 e. The molecule has 1 saturated carbocycles. The van der Waals surface area contributed by atoms with Crippen LogP contribution < -0.4 is 5.32 Å². The summed E-state index contributed by atoms with van der Waals surface area (Å²) in [7, 11) is 1.48. The Labute approximate surface area is 164 Å². The van der Waals surface area contributed by atoms with Gasteiger partial charge in [0.25, 0.3) is 0 Å². The SMILES string of the molecule is CCNC(=NCC1CCC(C)CC1)N1CCC(C(=O)OC)CC1.I. The van der Waals surface area contributed by atoms with E-state index in [1.165, 1.54) is 32.8 Å². The number of nitrogens with zero attached hydrogens (tertiary/aromatic N) is 2. The number of aliphatic imine (C=N–C) groups is 1. The van der Waals surface area contributed by atoms with Crippen molar-refractivity contribution in [3.63, 3.8) is 0 Å². The maximum Gasteiger partial charge on any atom is 0.308 e. The average molecular weight is 451 g/mol. The zero-order chi connectivity index (χ0) is 16.7. The van der Waals surface area contributed by atoms with Crippen molar-refractivity contribution in [2.24, 2.45) is 22.7 Å². The first-order valence-corrected chi connectivity index (χ1v) is 9.25. The first kappa shape index (κ1) is 21.5. The minimum absolute atomic E-state index is 0. The van der Waals surface area contributed by atoms with Gasteiger partial charge in [0.1, 0.15) is 0 Å². The number of hydrogen-bond donors (Lipinski definition) is 1. The fraction of sp³-hybridized carbons (Fsp3) is 0.889. The number of carbonyl (C=O) groups excluding carboxylic acids is 1. The molecule has 2 rings (SSSR count). The summed E-state index contributed by atoms with van der Waals surface area (Å²) < 4.78 is 4.87. The number of rotatable bonds is 4.